The van der Waals surface area contributed by atoms with Crippen LogP contribution in [0.2, 0.25) is 5.02 Å². The van der Waals surface area contributed by atoms with Gasteiger partial charge in [-0.15, -0.1) is 0 Å². The first-order chi connectivity index (χ1) is 20.5. The number of sulfonamides is 1. The highest BCUT2D eigenvalue weighted by molar-refractivity contribution is 7.92. The zero-order chi connectivity index (χ0) is 31.1. The standard InChI is InChI=1S/C31H35ClFN3O6S/c1-21(31(38)34-24-9-5-6-10-24)35(19-22-8-4-7-11-27(22)33)30(37)20-36(25-14-12-23(32)13-15-25)43(39,40)26-16-17-28(41-2)29(18-26)42-3/h4,7-8,11-18,21,24H,5-6,9-10,19-20H2,1-3H3,(H,34,38)/t21-/m0/s1. The molecule has 3 aromatic rings. The lowest BCUT2D eigenvalue weighted by atomic mass is 10.1. The molecule has 0 aliphatic heterocycles. The summed E-state index contributed by atoms with van der Waals surface area (Å²) in [7, 11) is -1.55. The van der Waals surface area contributed by atoms with Gasteiger partial charge in [0, 0.05) is 29.2 Å². The summed E-state index contributed by atoms with van der Waals surface area (Å²) in [5, 5.41) is 3.36. The lowest BCUT2D eigenvalue weighted by molar-refractivity contribution is -0.139. The maximum atomic E-state index is 14.7. The van der Waals surface area contributed by atoms with Crippen LogP contribution in [0.5, 0.6) is 11.5 Å². The minimum atomic E-state index is -4.37. The first kappa shape index (κ1) is 32.1. The minimum Gasteiger partial charge on any atom is -0.493 e. The predicted molar refractivity (Wildman–Crippen MR) is 162 cm³/mol. The predicted octanol–water partition coefficient (Wildman–Crippen LogP) is 5.17. The molecule has 12 heteroatoms. The summed E-state index contributed by atoms with van der Waals surface area (Å²) in [5.41, 5.74) is 0.360. The molecule has 1 aliphatic rings. The van der Waals surface area contributed by atoms with Gasteiger partial charge in [0.05, 0.1) is 24.8 Å². The van der Waals surface area contributed by atoms with Crippen LogP contribution in [0.25, 0.3) is 0 Å². The maximum Gasteiger partial charge on any atom is 0.264 e. The summed E-state index contributed by atoms with van der Waals surface area (Å²) < 4.78 is 54.4. The van der Waals surface area contributed by atoms with Crippen LogP contribution in [-0.2, 0) is 26.2 Å². The Kier molecular flexibility index (Phi) is 10.5. The Morgan fingerprint density at radius 2 is 1.65 bits per heavy atom. The van der Waals surface area contributed by atoms with Gasteiger partial charge in [0.25, 0.3) is 10.0 Å². The summed E-state index contributed by atoms with van der Waals surface area (Å²) in [4.78, 5) is 28.4. The molecule has 0 spiro atoms. The number of hydrogen-bond donors (Lipinski definition) is 1. The van der Waals surface area contributed by atoms with Crippen LogP contribution < -0.4 is 19.1 Å². The number of ether oxygens (including phenoxy) is 2. The van der Waals surface area contributed by atoms with E-state index in [2.05, 4.69) is 5.32 Å². The fourth-order valence-electron chi connectivity index (χ4n) is 5.03. The van der Waals surface area contributed by atoms with Gasteiger partial charge in [-0.1, -0.05) is 42.6 Å². The van der Waals surface area contributed by atoms with Gasteiger partial charge in [-0.05, 0) is 62.2 Å². The molecule has 2 amide bonds. The highest BCUT2D eigenvalue weighted by Crippen LogP contribution is 2.33. The number of methoxy groups -OCH3 is 2. The third-order valence-corrected chi connectivity index (χ3v) is 9.53. The smallest absolute Gasteiger partial charge is 0.264 e. The van der Waals surface area contributed by atoms with Crippen molar-refractivity contribution in [3.63, 3.8) is 0 Å². The van der Waals surface area contributed by atoms with Crippen LogP contribution >= 0.6 is 11.6 Å². The summed E-state index contributed by atoms with van der Waals surface area (Å²) in [6, 6.07) is 15.0. The number of amides is 2. The molecule has 4 rings (SSSR count). The van der Waals surface area contributed by atoms with E-state index in [1.165, 1.54) is 79.8 Å². The minimum absolute atomic E-state index is 0.00337. The Morgan fingerprint density at radius 3 is 2.28 bits per heavy atom. The third kappa shape index (κ3) is 7.58. The van der Waals surface area contributed by atoms with Gasteiger partial charge < -0.3 is 19.7 Å². The molecule has 1 saturated carbocycles. The number of anilines is 1. The molecule has 1 atom stereocenters. The van der Waals surface area contributed by atoms with Crippen LogP contribution in [0.1, 0.15) is 38.2 Å². The molecule has 0 radical (unpaired) electrons. The van der Waals surface area contributed by atoms with Crippen molar-refractivity contribution in [3.05, 3.63) is 83.1 Å². The molecule has 0 heterocycles. The van der Waals surface area contributed by atoms with Gasteiger partial charge in [0.15, 0.2) is 11.5 Å². The Bertz CT molecular complexity index is 1550. The number of carbonyl (C=O) groups is 2. The Labute approximate surface area is 256 Å². The van der Waals surface area contributed by atoms with E-state index in [0.717, 1.165) is 30.0 Å². The SMILES string of the molecule is COc1ccc(S(=O)(=O)N(CC(=O)N(Cc2ccccc2F)[C@@H](C)C(=O)NC2CCCC2)c2ccc(Cl)cc2)cc1OC. The molecule has 0 bridgehead atoms. The van der Waals surface area contributed by atoms with Gasteiger partial charge in [0.2, 0.25) is 11.8 Å². The van der Waals surface area contributed by atoms with Crippen molar-refractivity contribution in [1.82, 2.24) is 10.2 Å². The molecular formula is C31H35ClFN3O6S. The van der Waals surface area contributed by atoms with E-state index in [-0.39, 0.29) is 34.5 Å². The third-order valence-electron chi connectivity index (χ3n) is 7.50. The number of benzene rings is 3. The molecular weight excluding hydrogens is 597 g/mol. The van der Waals surface area contributed by atoms with E-state index < -0.39 is 40.2 Å². The Hall–Kier alpha value is -3.83. The number of rotatable bonds is 12. The first-order valence-corrected chi connectivity index (χ1v) is 15.7. The Morgan fingerprint density at radius 1 is 1.00 bits per heavy atom. The second-order valence-corrected chi connectivity index (χ2v) is 12.6. The van der Waals surface area contributed by atoms with Crippen molar-refractivity contribution in [1.29, 1.82) is 0 Å². The van der Waals surface area contributed by atoms with Crippen LogP contribution in [0, 0.1) is 5.82 Å². The second kappa shape index (κ2) is 14.1. The van der Waals surface area contributed by atoms with Crippen LogP contribution in [-0.4, -0.2) is 58.0 Å². The van der Waals surface area contributed by atoms with Crippen molar-refractivity contribution in [3.8, 4) is 11.5 Å². The molecule has 1 aliphatic carbocycles. The van der Waals surface area contributed by atoms with Crippen LogP contribution in [0.4, 0.5) is 10.1 Å². The number of nitrogens with one attached hydrogen (secondary N) is 1. The van der Waals surface area contributed by atoms with Crippen LogP contribution in [0.3, 0.4) is 0 Å². The largest absolute Gasteiger partial charge is 0.493 e. The zero-order valence-corrected chi connectivity index (χ0v) is 25.8. The fourth-order valence-corrected chi connectivity index (χ4v) is 6.58. The molecule has 0 saturated heterocycles. The molecule has 0 aromatic heterocycles. The van der Waals surface area contributed by atoms with Crippen molar-refractivity contribution < 1.29 is 31.9 Å². The second-order valence-electron chi connectivity index (χ2n) is 10.3. The van der Waals surface area contributed by atoms with Crippen molar-refractivity contribution in [2.45, 2.75) is 56.1 Å². The fraction of sp³-hybridized carbons (Fsp3) is 0.355. The lowest BCUT2D eigenvalue weighted by Crippen LogP contribution is -2.52. The zero-order valence-electron chi connectivity index (χ0n) is 24.3. The first-order valence-electron chi connectivity index (χ1n) is 13.9. The van der Waals surface area contributed by atoms with E-state index in [1.54, 1.807) is 13.0 Å². The van der Waals surface area contributed by atoms with E-state index >= 15 is 0 Å². The Balaban J connectivity index is 1.72. The van der Waals surface area contributed by atoms with Crippen LogP contribution in [0.15, 0.2) is 71.6 Å². The number of halogens is 2. The molecule has 43 heavy (non-hydrogen) atoms. The summed E-state index contributed by atoms with van der Waals surface area (Å²) in [5.74, 6) is -1.12. The van der Waals surface area contributed by atoms with E-state index in [4.69, 9.17) is 21.1 Å². The highest BCUT2D eigenvalue weighted by atomic mass is 35.5. The lowest BCUT2D eigenvalue weighted by Gasteiger charge is -2.32. The highest BCUT2D eigenvalue weighted by Gasteiger charge is 2.34. The molecule has 1 fully saturated rings. The summed E-state index contributed by atoms with van der Waals surface area (Å²) in [6.45, 7) is 0.641. The molecule has 3 aromatic carbocycles. The van der Waals surface area contributed by atoms with Gasteiger partial charge >= 0.3 is 0 Å². The summed E-state index contributed by atoms with van der Waals surface area (Å²) in [6.07, 6.45) is 3.68. The van der Waals surface area contributed by atoms with Crippen molar-refractivity contribution >= 4 is 39.1 Å². The quantitative estimate of drug-likeness (QED) is 0.296. The molecule has 1 N–H and O–H groups in total. The molecule has 230 valence electrons. The van der Waals surface area contributed by atoms with Gasteiger partial charge in [-0.25, -0.2) is 12.8 Å². The molecule has 0 unspecified atom stereocenters. The van der Waals surface area contributed by atoms with Gasteiger partial charge in [-0.3, -0.25) is 13.9 Å². The van der Waals surface area contributed by atoms with E-state index in [1.807, 2.05) is 0 Å². The average molecular weight is 632 g/mol. The number of carbonyl (C=O) groups excluding carboxylic acids is 2. The van der Waals surface area contributed by atoms with Crippen molar-refractivity contribution in [2.24, 2.45) is 0 Å². The van der Waals surface area contributed by atoms with Gasteiger partial charge in [0.1, 0.15) is 18.4 Å². The average Bonchev–Trinajstić information content (AvgIpc) is 3.52. The van der Waals surface area contributed by atoms with E-state index in [9.17, 15) is 22.4 Å². The topological polar surface area (TPSA) is 105 Å². The van der Waals surface area contributed by atoms with Crippen molar-refractivity contribution in [2.75, 3.05) is 25.1 Å². The van der Waals surface area contributed by atoms with E-state index in [0.29, 0.717) is 10.8 Å². The number of hydrogen-bond acceptors (Lipinski definition) is 6. The molecule has 9 nitrogen and oxygen atoms in total. The monoisotopic (exact) mass is 631 g/mol. The maximum absolute atomic E-state index is 14.7. The summed E-state index contributed by atoms with van der Waals surface area (Å²) >= 11 is 6.07. The number of nitrogens with zero attached hydrogens (tertiary/aromatic N) is 2. The van der Waals surface area contributed by atoms with Gasteiger partial charge in [-0.2, -0.15) is 0 Å². The normalized spacial score (nSPS) is 14.2.